The number of rotatable bonds is 6. The number of aryl methyl sites for hydroxylation is 4. The summed E-state index contributed by atoms with van der Waals surface area (Å²) in [5.41, 5.74) is 7.67. The molecule has 1 heterocycles. The van der Waals surface area contributed by atoms with Crippen LogP contribution >= 0.6 is 11.3 Å². The summed E-state index contributed by atoms with van der Waals surface area (Å²) < 4.78 is 0. The zero-order valence-corrected chi connectivity index (χ0v) is 18.0. The molecule has 0 radical (unpaired) electrons. The number of likely N-dealkylation sites (N-methyl/N-ethyl adjacent to an activating group) is 1. The highest BCUT2D eigenvalue weighted by Gasteiger charge is 2.13. The van der Waals surface area contributed by atoms with Gasteiger partial charge in [0.15, 0.2) is 0 Å². The lowest BCUT2D eigenvalue weighted by molar-refractivity contribution is -0.117. The molecule has 0 saturated carbocycles. The van der Waals surface area contributed by atoms with E-state index in [1.807, 2.05) is 25.8 Å². The maximum Gasteiger partial charge on any atom is 0.238 e. The molecule has 28 heavy (non-hydrogen) atoms. The molecule has 0 spiro atoms. The number of carbonyl (C=O) groups excluding carboxylic acids is 1. The van der Waals surface area contributed by atoms with Crippen LogP contribution in [0.15, 0.2) is 41.8 Å². The summed E-state index contributed by atoms with van der Waals surface area (Å²) in [6, 6.07) is 12.6. The molecule has 0 unspecified atom stereocenters. The Morgan fingerprint density at radius 2 is 1.68 bits per heavy atom. The summed E-state index contributed by atoms with van der Waals surface area (Å²) in [6.45, 7) is 9.17. The van der Waals surface area contributed by atoms with Crippen molar-refractivity contribution in [2.75, 3.05) is 18.9 Å². The first-order valence-electron chi connectivity index (χ1n) is 9.39. The quantitative estimate of drug-likeness (QED) is 0.633. The van der Waals surface area contributed by atoms with Gasteiger partial charge in [0, 0.05) is 23.2 Å². The van der Waals surface area contributed by atoms with Crippen molar-refractivity contribution in [3.63, 3.8) is 0 Å². The van der Waals surface area contributed by atoms with Gasteiger partial charge in [-0.15, -0.1) is 11.3 Å². The average molecular weight is 394 g/mol. The fourth-order valence-corrected chi connectivity index (χ4v) is 4.16. The second kappa shape index (κ2) is 8.67. The van der Waals surface area contributed by atoms with E-state index in [-0.39, 0.29) is 5.91 Å². The van der Waals surface area contributed by atoms with Gasteiger partial charge in [0.25, 0.3) is 0 Å². The molecule has 3 rings (SSSR count). The van der Waals surface area contributed by atoms with Gasteiger partial charge >= 0.3 is 0 Å². The van der Waals surface area contributed by atoms with E-state index in [1.54, 1.807) is 11.3 Å². The second-order valence-corrected chi connectivity index (χ2v) is 8.36. The van der Waals surface area contributed by atoms with Gasteiger partial charge < -0.3 is 5.32 Å². The zero-order chi connectivity index (χ0) is 20.3. The third kappa shape index (κ3) is 5.06. The van der Waals surface area contributed by atoms with E-state index in [9.17, 15) is 4.79 Å². The van der Waals surface area contributed by atoms with Gasteiger partial charge in [-0.05, 0) is 45.9 Å². The van der Waals surface area contributed by atoms with Crippen LogP contribution in [-0.2, 0) is 11.3 Å². The maximum atomic E-state index is 12.5. The van der Waals surface area contributed by atoms with E-state index in [1.165, 1.54) is 11.1 Å². The number of carbonyl (C=O) groups is 1. The predicted molar refractivity (Wildman–Crippen MR) is 118 cm³/mol. The van der Waals surface area contributed by atoms with E-state index in [4.69, 9.17) is 4.98 Å². The van der Waals surface area contributed by atoms with E-state index < -0.39 is 0 Å². The van der Waals surface area contributed by atoms with E-state index >= 15 is 0 Å². The van der Waals surface area contributed by atoms with Gasteiger partial charge in [-0.1, -0.05) is 47.5 Å². The topological polar surface area (TPSA) is 45.2 Å². The molecule has 0 aliphatic heterocycles. The molecule has 2 aromatic carbocycles. The van der Waals surface area contributed by atoms with Gasteiger partial charge in [-0.25, -0.2) is 4.98 Å². The summed E-state index contributed by atoms with van der Waals surface area (Å²) in [5.74, 6) is -0.00783. The Balaban J connectivity index is 1.59. The van der Waals surface area contributed by atoms with Gasteiger partial charge in [0.2, 0.25) is 5.91 Å². The normalized spacial score (nSPS) is 11.1. The highest BCUT2D eigenvalue weighted by atomic mass is 32.1. The fourth-order valence-electron chi connectivity index (χ4n) is 3.34. The van der Waals surface area contributed by atoms with Crippen LogP contribution in [0.1, 0.15) is 27.9 Å². The molecule has 0 saturated heterocycles. The van der Waals surface area contributed by atoms with Crippen molar-refractivity contribution in [2.45, 2.75) is 34.2 Å². The smallest absolute Gasteiger partial charge is 0.238 e. The fraction of sp³-hybridized carbons (Fsp3) is 0.304. The van der Waals surface area contributed by atoms with Crippen molar-refractivity contribution < 1.29 is 4.79 Å². The number of aromatic nitrogens is 1. The van der Waals surface area contributed by atoms with Crippen molar-refractivity contribution in [1.82, 2.24) is 9.88 Å². The Morgan fingerprint density at radius 1 is 1.04 bits per heavy atom. The van der Waals surface area contributed by atoms with Crippen LogP contribution in [0.5, 0.6) is 0 Å². The van der Waals surface area contributed by atoms with Crippen LogP contribution < -0.4 is 5.32 Å². The first kappa shape index (κ1) is 20.2. The molecule has 0 aliphatic carbocycles. The minimum absolute atomic E-state index is 0.00783. The number of nitrogens with zero attached hydrogens (tertiary/aromatic N) is 2. The molecule has 0 atom stereocenters. The van der Waals surface area contributed by atoms with Crippen molar-refractivity contribution >= 4 is 22.9 Å². The molecule has 5 heteroatoms. The largest absolute Gasteiger partial charge is 0.324 e. The number of amides is 1. The van der Waals surface area contributed by atoms with E-state index in [0.29, 0.717) is 13.1 Å². The number of thiazole rings is 1. The maximum absolute atomic E-state index is 12.5. The average Bonchev–Trinajstić information content (AvgIpc) is 3.07. The predicted octanol–water partition coefficient (Wildman–Crippen LogP) is 5.11. The zero-order valence-electron chi connectivity index (χ0n) is 17.2. The molecule has 3 aromatic rings. The van der Waals surface area contributed by atoms with Crippen molar-refractivity contribution in [3.05, 3.63) is 69.7 Å². The van der Waals surface area contributed by atoms with Gasteiger partial charge in [0.1, 0.15) is 5.01 Å². The lowest BCUT2D eigenvalue weighted by Gasteiger charge is -2.17. The molecule has 0 fully saturated rings. The van der Waals surface area contributed by atoms with Crippen LogP contribution in [-0.4, -0.2) is 29.4 Å². The molecular weight excluding hydrogens is 366 g/mol. The third-order valence-electron chi connectivity index (χ3n) is 4.64. The van der Waals surface area contributed by atoms with Gasteiger partial charge in [0.05, 0.1) is 12.2 Å². The van der Waals surface area contributed by atoms with Crippen LogP contribution in [0.2, 0.25) is 0 Å². The molecule has 0 aliphatic rings. The molecule has 4 nitrogen and oxygen atoms in total. The second-order valence-electron chi connectivity index (χ2n) is 7.50. The summed E-state index contributed by atoms with van der Waals surface area (Å²) in [6.07, 6.45) is 0. The SMILES string of the molecule is Cc1ccc(-c2nc(CN(C)CC(=O)Nc3c(C)cc(C)cc3C)cs2)cc1. The third-order valence-corrected chi connectivity index (χ3v) is 5.58. The Kier molecular flexibility index (Phi) is 6.27. The highest BCUT2D eigenvalue weighted by Crippen LogP contribution is 2.25. The summed E-state index contributed by atoms with van der Waals surface area (Å²) in [4.78, 5) is 19.2. The lowest BCUT2D eigenvalue weighted by atomic mass is 10.1. The molecule has 1 N–H and O–H groups in total. The Labute approximate surface area is 171 Å². The number of nitrogens with one attached hydrogen (secondary N) is 1. The van der Waals surface area contributed by atoms with Crippen LogP contribution in [0.4, 0.5) is 5.69 Å². The lowest BCUT2D eigenvalue weighted by Crippen LogP contribution is -2.30. The van der Waals surface area contributed by atoms with E-state index in [2.05, 4.69) is 60.9 Å². The Morgan fingerprint density at radius 3 is 2.32 bits per heavy atom. The van der Waals surface area contributed by atoms with Crippen LogP contribution in [0.25, 0.3) is 10.6 Å². The van der Waals surface area contributed by atoms with Crippen LogP contribution in [0, 0.1) is 27.7 Å². The van der Waals surface area contributed by atoms with Crippen molar-refractivity contribution in [1.29, 1.82) is 0 Å². The molecule has 1 aromatic heterocycles. The van der Waals surface area contributed by atoms with Gasteiger partial charge in [-0.3, -0.25) is 9.69 Å². The summed E-state index contributed by atoms with van der Waals surface area (Å²) >= 11 is 1.64. The van der Waals surface area contributed by atoms with Gasteiger partial charge in [-0.2, -0.15) is 0 Å². The summed E-state index contributed by atoms with van der Waals surface area (Å²) in [7, 11) is 1.94. The first-order valence-corrected chi connectivity index (χ1v) is 10.3. The number of hydrogen-bond donors (Lipinski definition) is 1. The van der Waals surface area contributed by atoms with Crippen LogP contribution in [0.3, 0.4) is 0 Å². The number of benzene rings is 2. The number of hydrogen-bond acceptors (Lipinski definition) is 4. The molecule has 0 bridgehead atoms. The number of anilines is 1. The standard InChI is InChI=1S/C23H27N3OS/c1-15-6-8-19(9-7-15)23-24-20(14-28-23)12-26(5)13-21(27)25-22-17(3)10-16(2)11-18(22)4/h6-11,14H,12-13H2,1-5H3,(H,25,27). The monoisotopic (exact) mass is 393 g/mol. The molecular formula is C23H27N3OS. The molecule has 146 valence electrons. The van der Waals surface area contributed by atoms with Crippen molar-refractivity contribution in [3.8, 4) is 10.6 Å². The Bertz CT molecular complexity index is 953. The van der Waals surface area contributed by atoms with E-state index in [0.717, 1.165) is 33.1 Å². The van der Waals surface area contributed by atoms with Crippen molar-refractivity contribution in [2.24, 2.45) is 0 Å². The Hall–Kier alpha value is -2.50. The summed E-state index contributed by atoms with van der Waals surface area (Å²) in [5, 5.41) is 6.14. The minimum Gasteiger partial charge on any atom is -0.324 e. The molecule has 1 amide bonds. The highest BCUT2D eigenvalue weighted by molar-refractivity contribution is 7.13. The minimum atomic E-state index is -0.00783. The first-order chi connectivity index (χ1) is 13.3.